The third kappa shape index (κ3) is 3.37. The van der Waals surface area contributed by atoms with Crippen LogP contribution in [0.1, 0.15) is 17.5 Å². The molecular formula is C14H22N2O2. The van der Waals surface area contributed by atoms with Crippen LogP contribution in [0.3, 0.4) is 0 Å². The summed E-state index contributed by atoms with van der Waals surface area (Å²) in [5, 5.41) is 3.39. The minimum atomic E-state index is 0.643. The van der Waals surface area contributed by atoms with Gasteiger partial charge in [0.15, 0.2) is 11.5 Å². The van der Waals surface area contributed by atoms with Crippen molar-refractivity contribution in [1.82, 2.24) is 5.32 Å². The minimum Gasteiger partial charge on any atom is -0.486 e. The van der Waals surface area contributed by atoms with Crippen LogP contribution in [0, 0.1) is 6.92 Å². The zero-order chi connectivity index (χ0) is 12.8. The first-order valence-corrected chi connectivity index (χ1v) is 6.61. The number of fused-ring (bicyclic) bond motifs is 1. The van der Waals surface area contributed by atoms with Gasteiger partial charge in [0.2, 0.25) is 0 Å². The second-order valence-corrected chi connectivity index (χ2v) is 4.56. The van der Waals surface area contributed by atoms with E-state index in [1.807, 2.05) is 0 Å². The van der Waals surface area contributed by atoms with Crippen LogP contribution >= 0.6 is 0 Å². The quantitative estimate of drug-likeness (QED) is 0.746. The first-order chi connectivity index (χ1) is 8.81. The molecule has 3 N–H and O–H groups in total. The summed E-state index contributed by atoms with van der Waals surface area (Å²) in [6.45, 7) is 6.11. The Balaban J connectivity index is 1.91. The molecule has 1 heterocycles. The van der Waals surface area contributed by atoms with E-state index in [0.29, 0.717) is 13.2 Å². The lowest BCUT2D eigenvalue weighted by molar-refractivity contribution is 0.171. The van der Waals surface area contributed by atoms with Gasteiger partial charge in [-0.3, -0.25) is 0 Å². The summed E-state index contributed by atoms with van der Waals surface area (Å²) in [7, 11) is 0. The van der Waals surface area contributed by atoms with Crippen molar-refractivity contribution < 1.29 is 9.47 Å². The average molecular weight is 250 g/mol. The molecule has 1 aliphatic rings. The Labute approximate surface area is 108 Å². The molecule has 18 heavy (non-hydrogen) atoms. The van der Waals surface area contributed by atoms with E-state index in [9.17, 15) is 0 Å². The Hall–Kier alpha value is -1.26. The molecule has 100 valence electrons. The van der Waals surface area contributed by atoms with E-state index >= 15 is 0 Å². The summed E-state index contributed by atoms with van der Waals surface area (Å²) in [5.74, 6) is 1.75. The van der Waals surface area contributed by atoms with E-state index in [-0.39, 0.29) is 0 Å². The highest BCUT2D eigenvalue weighted by molar-refractivity contribution is 5.47. The van der Waals surface area contributed by atoms with Gasteiger partial charge < -0.3 is 20.5 Å². The highest BCUT2D eigenvalue weighted by atomic mass is 16.6. The molecule has 0 saturated heterocycles. The third-order valence-electron chi connectivity index (χ3n) is 3.13. The van der Waals surface area contributed by atoms with Crippen molar-refractivity contribution in [3.8, 4) is 11.5 Å². The molecule has 4 nitrogen and oxygen atoms in total. The van der Waals surface area contributed by atoms with Gasteiger partial charge in [0.25, 0.3) is 0 Å². The fraction of sp³-hybridized carbons (Fsp3) is 0.571. The Bertz CT molecular complexity index is 394. The monoisotopic (exact) mass is 250 g/mol. The van der Waals surface area contributed by atoms with Crippen molar-refractivity contribution in [2.45, 2.75) is 19.8 Å². The second-order valence-electron chi connectivity index (χ2n) is 4.56. The molecule has 0 saturated carbocycles. The summed E-state index contributed by atoms with van der Waals surface area (Å²) in [6, 6.07) is 4.18. The normalized spacial score (nSPS) is 13.7. The van der Waals surface area contributed by atoms with Crippen molar-refractivity contribution in [1.29, 1.82) is 0 Å². The molecule has 0 fully saturated rings. The number of hydrogen-bond donors (Lipinski definition) is 2. The maximum absolute atomic E-state index is 5.60. The summed E-state index contributed by atoms with van der Waals surface area (Å²) in [5.41, 5.74) is 8.03. The van der Waals surface area contributed by atoms with Gasteiger partial charge in [0.1, 0.15) is 13.2 Å². The number of benzene rings is 1. The van der Waals surface area contributed by atoms with Crippen LogP contribution in [0.25, 0.3) is 0 Å². The molecule has 0 bridgehead atoms. The molecule has 1 aromatic carbocycles. The van der Waals surface area contributed by atoms with E-state index in [1.165, 1.54) is 11.1 Å². The molecule has 0 unspecified atom stereocenters. The molecule has 1 aromatic rings. The summed E-state index contributed by atoms with van der Waals surface area (Å²) < 4.78 is 11.2. The Morgan fingerprint density at radius 2 is 1.89 bits per heavy atom. The predicted octanol–water partition coefficient (Wildman–Crippen LogP) is 1.25. The van der Waals surface area contributed by atoms with Gasteiger partial charge in [-0.1, -0.05) is 0 Å². The second kappa shape index (κ2) is 6.61. The van der Waals surface area contributed by atoms with Crippen LogP contribution in [-0.2, 0) is 6.42 Å². The van der Waals surface area contributed by atoms with Gasteiger partial charge in [-0.25, -0.2) is 0 Å². The van der Waals surface area contributed by atoms with Crippen LogP contribution in [0.15, 0.2) is 12.1 Å². The third-order valence-corrected chi connectivity index (χ3v) is 3.13. The highest BCUT2D eigenvalue weighted by Crippen LogP contribution is 2.32. The van der Waals surface area contributed by atoms with Gasteiger partial charge in [-0.2, -0.15) is 0 Å². The lowest BCUT2D eigenvalue weighted by Crippen LogP contribution is -2.21. The van der Waals surface area contributed by atoms with Crippen molar-refractivity contribution in [2.75, 3.05) is 32.8 Å². The van der Waals surface area contributed by atoms with Crippen molar-refractivity contribution in [3.05, 3.63) is 23.3 Å². The predicted molar refractivity (Wildman–Crippen MR) is 72.4 cm³/mol. The minimum absolute atomic E-state index is 0.643. The maximum atomic E-state index is 5.60. The molecule has 1 aliphatic heterocycles. The van der Waals surface area contributed by atoms with Gasteiger partial charge in [0.05, 0.1) is 0 Å². The molecule has 2 rings (SSSR count). The number of nitrogens with one attached hydrogen (secondary N) is 1. The van der Waals surface area contributed by atoms with Gasteiger partial charge in [-0.15, -0.1) is 0 Å². The molecule has 4 heteroatoms. The average Bonchev–Trinajstić information content (AvgIpc) is 2.39. The number of ether oxygens (including phenoxy) is 2. The smallest absolute Gasteiger partial charge is 0.161 e. The van der Waals surface area contributed by atoms with Crippen LogP contribution < -0.4 is 20.5 Å². The molecule has 0 aliphatic carbocycles. The number of hydrogen-bond acceptors (Lipinski definition) is 4. The van der Waals surface area contributed by atoms with Crippen molar-refractivity contribution in [3.63, 3.8) is 0 Å². The number of nitrogens with two attached hydrogens (primary N) is 1. The molecule has 0 aromatic heterocycles. The van der Waals surface area contributed by atoms with E-state index < -0.39 is 0 Å². The fourth-order valence-corrected chi connectivity index (χ4v) is 2.08. The largest absolute Gasteiger partial charge is 0.486 e. The fourth-order valence-electron chi connectivity index (χ4n) is 2.08. The number of aryl methyl sites for hydroxylation is 1. The maximum Gasteiger partial charge on any atom is 0.161 e. The first kappa shape index (κ1) is 13.2. The van der Waals surface area contributed by atoms with Gasteiger partial charge in [-0.05, 0) is 62.7 Å². The SMILES string of the molecule is Cc1cc2c(cc1CCNCCCN)OCCO2. The summed E-state index contributed by atoms with van der Waals surface area (Å²) in [6.07, 6.45) is 2.03. The van der Waals surface area contributed by atoms with Crippen LogP contribution in [0.5, 0.6) is 11.5 Å². The Kier molecular flexibility index (Phi) is 4.84. The molecule has 0 amide bonds. The lowest BCUT2D eigenvalue weighted by Gasteiger charge is -2.20. The van der Waals surface area contributed by atoms with Crippen LogP contribution in [0.4, 0.5) is 0 Å². The van der Waals surface area contributed by atoms with Gasteiger partial charge in [0, 0.05) is 0 Å². The summed E-state index contributed by atoms with van der Waals surface area (Å²) in [4.78, 5) is 0. The van der Waals surface area contributed by atoms with E-state index in [4.69, 9.17) is 15.2 Å². The topological polar surface area (TPSA) is 56.5 Å². The van der Waals surface area contributed by atoms with E-state index in [0.717, 1.165) is 44.0 Å². The molecule has 0 spiro atoms. The Morgan fingerprint density at radius 3 is 2.61 bits per heavy atom. The van der Waals surface area contributed by atoms with E-state index in [1.54, 1.807) is 0 Å². The van der Waals surface area contributed by atoms with Crippen LogP contribution in [-0.4, -0.2) is 32.8 Å². The number of rotatable bonds is 6. The van der Waals surface area contributed by atoms with Crippen molar-refractivity contribution >= 4 is 0 Å². The molecule has 0 radical (unpaired) electrons. The van der Waals surface area contributed by atoms with E-state index in [2.05, 4.69) is 24.4 Å². The summed E-state index contributed by atoms with van der Waals surface area (Å²) >= 11 is 0. The zero-order valence-electron chi connectivity index (χ0n) is 11.0. The first-order valence-electron chi connectivity index (χ1n) is 6.61. The standard InChI is InChI=1S/C14H22N2O2/c1-11-9-13-14(18-8-7-17-13)10-12(11)3-6-16-5-2-4-15/h9-10,16H,2-8,15H2,1H3. The molecule has 0 atom stereocenters. The Morgan fingerprint density at radius 1 is 1.17 bits per heavy atom. The highest BCUT2D eigenvalue weighted by Gasteiger charge is 2.13. The zero-order valence-corrected chi connectivity index (χ0v) is 11.0. The van der Waals surface area contributed by atoms with Crippen LogP contribution in [0.2, 0.25) is 0 Å². The molecular weight excluding hydrogens is 228 g/mol. The lowest BCUT2D eigenvalue weighted by atomic mass is 10.0. The van der Waals surface area contributed by atoms with Crippen molar-refractivity contribution in [2.24, 2.45) is 5.73 Å². The van der Waals surface area contributed by atoms with Gasteiger partial charge >= 0.3 is 0 Å².